The van der Waals surface area contributed by atoms with Crippen molar-refractivity contribution in [2.24, 2.45) is 0 Å². The van der Waals surface area contributed by atoms with E-state index in [0.29, 0.717) is 17.2 Å². The summed E-state index contributed by atoms with van der Waals surface area (Å²) in [6.45, 7) is 0.438. The number of aryl methyl sites for hydroxylation is 1. The zero-order valence-electron chi connectivity index (χ0n) is 19.9. The molecule has 182 valence electrons. The molecule has 3 aromatic carbocycles. The van der Waals surface area contributed by atoms with Gasteiger partial charge in [0.2, 0.25) is 0 Å². The Morgan fingerprint density at radius 2 is 1.86 bits per heavy atom. The van der Waals surface area contributed by atoms with Crippen molar-refractivity contribution in [2.45, 2.75) is 32.3 Å². The summed E-state index contributed by atoms with van der Waals surface area (Å²) in [5.41, 5.74) is 3.36. The standard InChI is InChI=1S/C30H22IN3O2S/c31-26-15-19(10-12-27(26)36-18-20-9-11-21-5-1-2-6-22(21)14-20)13-23(16-32)29(35)34-30-25(17-33)24-7-3-4-8-28(24)37-30/h1-2,5-6,9-15H,3-4,7-8,18H2,(H,34,35)/b23-13+. The maximum Gasteiger partial charge on any atom is 0.266 e. The van der Waals surface area contributed by atoms with Gasteiger partial charge in [-0.15, -0.1) is 11.3 Å². The second-order valence-electron chi connectivity index (χ2n) is 8.81. The number of halogens is 1. The summed E-state index contributed by atoms with van der Waals surface area (Å²) in [6, 6.07) is 24.3. The molecule has 0 atom stereocenters. The summed E-state index contributed by atoms with van der Waals surface area (Å²) in [5.74, 6) is 0.223. The number of carbonyl (C=O) groups is 1. The van der Waals surface area contributed by atoms with Gasteiger partial charge in [-0.25, -0.2) is 0 Å². The fourth-order valence-electron chi connectivity index (χ4n) is 4.47. The number of rotatable bonds is 6. The van der Waals surface area contributed by atoms with E-state index < -0.39 is 5.91 Å². The average molecular weight is 615 g/mol. The molecule has 0 bridgehead atoms. The number of anilines is 1. The van der Waals surface area contributed by atoms with Crippen LogP contribution in [0.5, 0.6) is 5.75 Å². The predicted octanol–water partition coefficient (Wildman–Crippen LogP) is 7.38. The summed E-state index contributed by atoms with van der Waals surface area (Å²) >= 11 is 3.64. The lowest BCUT2D eigenvalue weighted by Crippen LogP contribution is -2.13. The zero-order valence-corrected chi connectivity index (χ0v) is 22.9. The van der Waals surface area contributed by atoms with Gasteiger partial charge in [0.15, 0.2) is 0 Å². The van der Waals surface area contributed by atoms with E-state index >= 15 is 0 Å². The molecule has 0 spiro atoms. The lowest BCUT2D eigenvalue weighted by molar-refractivity contribution is -0.112. The van der Waals surface area contributed by atoms with Crippen molar-refractivity contribution in [3.05, 3.63) is 96.9 Å². The van der Waals surface area contributed by atoms with E-state index in [0.717, 1.165) is 56.6 Å². The number of nitrogens with zero attached hydrogens (tertiary/aromatic N) is 2. The van der Waals surface area contributed by atoms with Gasteiger partial charge in [-0.1, -0.05) is 42.5 Å². The van der Waals surface area contributed by atoms with Crippen molar-refractivity contribution < 1.29 is 9.53 Å². The molecule has 1 aromatic heterocycles. The molecule has 37 heavy (non-hydrogen) atoms. The molecule has 1 heterocycles. The summed E-state index contributed by atoms with van der Waals surface area (Å²) < 4.78 is 6.93. The quantitative estimate of drug-likeness (QED) is 0.139. The molecule has 1 amide bonds. The number of carbonyl (C=O) groups excluding carboxylic acids is 1. The summed E-state index contributed by atoms with van der Waals surface area (Å²) in [7, 11) is 0. The normalized spacial score (nSPS) is 12.9. The molecule has 0 saturated carbocycles. The fourth-order valence-corrected chi connectivity index (χ4v) is 6.40. The Kier molecular flexibility index (Phi) is 7.55. The molecular formula is C30H22IN3O2S. The summed E-state index contributed by atoms with van der Waals surface area (Å²) in [4.78, 5) is 14.1. The van der Waals surface area contributed by atoms with Crippen LogP contribution in [0, 0.1) is 26.2 Å². The van der Waals surface area contributed by atoms with Crippen molar-refractivity contribution in [3.63, 3.8) is 0 Å². The highest BCUT2D eigenvalue weighted by atomic mass is 127. The largest absolute Gasteiger partial charge is 0.488 e. The van der Waals surface area contributed by atoms with Crippen LogP contribution in [0.3, 0.4) is 0 Å². The smallest absolute Gasteiger partial charge is 0.266 e. The van der Waals surface area contributed by atoms with Crippen LogP contribution in [0.15, 0.2) is 66.2 Å². The Labute approximate surface area is 233 Å². The van der Waals surface area contributed by atoms with E-state index in [1.807, 2.05) is 36.4 Å². The molecule has 1 N–H and O–H groups in total. The van der Waals surface area contributed by atoms with E-state index in [1.165, 1.54) is 22.1 Å². The molecule has 5 nitrogen and oxygen atoms in total. The first-order valence-electron chi connectivity index (χ1n) is 11.9. The average Bonchev–Trinajstić information content (AvgIpc) is 3.27. The molecule has 1 aliphatic carbocycles. The van der Waals surface area contributed by atoms with E-state index in [2.05, 4.69) is 64.3 Å². The van der Waals surface area contributed by atoms with Gasteiger partial charge < -0.3 is 10.1 Å². The van der Waals surface area contributed by atoms with Crippen LogP contribution >= 0.6 is 33.9 Å². The number of nitriles is 2. The molecule has 7 heteroatoms. The first-order valence-corrected chi connectivity index (χ1v) is 13.8. The molecule has 0 unspecified atom stereocenters. The number of fused-ring (bicyclic) bond motifs is 2. The maximum absolute atomic E-state index is 12.9. The second kappa shape index (κ2) is 11.2. The molecule has 0 radical (unpaired) electrons. The molecule has 0 aliphatic heterocycles. The maximum atomic E-state index is 12.9. The van der Waals surface area contributed by atoms with Crippen LogP contribution in [0.1, 0.15) is 40.0 Å². The first kappa shape index (κ1) is 25.0. The number of thiophene rings is 1. The van der Waals surface area contributed by atoms with Crippen molar-refractivity contribution in [2.75, 3.05) is 5.32 Å². The lowest BCUT2D eigenvalue weighted by atomic mass is 9.96. The third kappa shape index (κ3) is 5.53. The Morgan fingerprint density at radius 3 is 2.65 bits per heavy atom. The van der Waals surface area contributed by atoms with Crippen LogP contribution < -0.4 is 10.1 Å². The summed E-state index contributed by atoms with van der Waals surface area (Å²) in [6.07, 6.45) is 5.49. The molecule has 0 saturated heterocycles. The van der Waals surface area contributed by atoms with Crippen molar-refractivity contribution in [3.8, 4) is 17.9 Å². The van der Waals surface area contributed by atoms with Crippen LogP contribution in [-0.4, -0.2) is 5.91 Å². The highest BCUT2D eigenvalue weighted by Gasteiger charge is 2.22. The van der Waals surface area contributed by atoms with E-state index in [-0.39, 0.29) is 5.57 Å². The topological polar surface area (TPSA) is 85.9 Å². The van der Waals surface area contributed by atoms with Gasteiger partial charge >= 0.3 is 0 Å². The third-order valence-electron chi connectivity index (χ3n) is 6.35. The SMILES string of the molecule is N#C/C(=C\c1ccc(OCc2ccc3ccccc3c2)c(I)c1)C(=O)Nc1sc2c(c1C#N)CCCC2. The van der Waals surface area contributed by atoms with Gasteiger partial charge in [-0.3, -0.25) is 4.79 Å². The predicted molar refractivity (Wildman–Crippen MR) is 155 cm³/mol. The van der Waals surface area contributed by atoms with Crippen molar-refractivity contribution in [1.29, 1.82) is 10.5 Å². The van der Waals surface area contributed by atoms with Crippen LogP contribution in [0.2, 0.25) is 0 Å². The van der Waals surface area contributed by atoms with Gasteiger partial charge in [0, 0.05) is 4.88 Å². The van der Waals surface area contributed by atoms with Gasteiger partial charge in [-0.05, 0) is 100 Å². The molecule has 4 aromatic rings. The Balaban J connectivity index is 1.29. The highest BCUT2D eigenvalue weighted by Crippen LogP contribution is 2.37. The minimum atomic E-state index is -0.510. The third-order valence-corrected chi connectivity index (χ3v) is 8.40. The molecular weight excluding hydrogens is 593 g/mol. The van der Waals surface area contributed by atoms with E-state index in [9.17, 15) is 15.3 Å². The number of amides is 1. The lowest BCUT2D eigenvalue weighted by Gasteiger charge is -2.10. The van der Waals surface area contributed by atoms with Crippen molar-refractivity contribution in [1.82, 2.24) is 0 Å². The van der Waals surface area contributed by atoms with Crippen LogP contribution in [0.4, 0.5) is 5.00 Å². The van der Waals surface area contributed by atoms with Gasteiger partial charge in [0.05, 0.1) is 9.13 Å². The Morgan fingerprint density at radius 1 is 1.05 bits per heavy atom. The minimum Gasteiger partial charge on any atom is -0.488 e. The fraction of sp³-hybridized carbons (Fsp3) is 0.167. The number of hydrogen-bond acceptors (Lipinski definition) is 5. The van der Waals surface area contributed by atoms with E-state index in [4.69, 9.17) is 4.74 Å². The van der Waals surface area contributed by atoms with Crippen LogP contribution in [-0.2, 0) is 24.2 Å². The monoisotopic (exact) mass is 615 g/mol. The number of ether oxygens (including phenoxy) is 1. The highest BCUT2D eigenvalue weighted by molar-refractivity contribution is 14.1. The Bertz CT molecular complexity index is 1620. The van der Waals surface area contributed by atoms with Crippen molar-refractivity contribution >= 4 is 61.7 Å². The number of nitrogens with one attached hydrogen (secondary N) is 1. The zero-order chi connectivity index (χ0) is 25.8. The van der Waals surface area contributed by atoms with E-state index in [1.54, 1.807) is 6.08 Å². The number of benzene rings is 3. The second-order valence-corrected chi connectivity index (χ2v) is 11.1. The van der Waals surface area contributed by atoms with Crippen LogP contribution in [0.25, 0.3) is 16.8 Å². The molecule has 0 fully saturated rings. The minimum absolute atomic E-state index is 0.0177. The Hall–Kier alpha value is -3.66. The number of hydrogen-bond donors (Lipinski definition) is 1. The summed E-state index contributed by atoms with van der Waals surface area (Å²) in [5, 5.41) is 25.0. The molecule has 5 rings (SSSR count). The molecule has 1 aliphatic rings. The van der Waals surface area contributed by atoms with Gasteiger partial charge in [-0.2, -0.15) is 10.5 Å². The first-order chi connectivity index (χ1) is 18.1. The van der Waals surface area contributed by atoms with Gasteiger partial charge in [0.25, 0.3) is 5.91 Å². The van der Waals surface area contributed by atoms with Gasteiger partial charge in [0.1, 0.15) is 35.1 Å².